The molecule has 0 bridgehead atoms. The standard InChI is InChI=1S/C29H28FN5O4S.ClH/c1-2-35(26-12-10-25(30)11-13-26)29(37)27(17-24-19-32-34(21-24)20-23-9-6-15-31-18-23)28(36)33-40(38,39)16-14-22-7-4-3-5-8-22;/h3-16,18-19,21,27H,2,17,20H2,1H3,(H,33,36);1H. The van der Waals surface area contributed by atoms with E-state index in [9.17, 15) is 22.4 Å². The van der Waals surface area contributed by atoms with Crippen LogP contribution in [0.3, 0.4) is 0 Å². The molecule has 1 N–H and O–H groups in total. The number of hydrogen-bond acceptors (Lipinski definition) is 6. The topological polar surface area (TPSA) is 114 Å². The second-order valence-electron chi connectivity index (χ2n) is 8.95. The zero-order valence-electron chi connectivity index (χ0n) is 22.1. The number of hydrogen-bond donors (Lipinski definition) is 1. The highest BCUT2D eigenvalue weighted by Gasteiger charge is 2.33. The second kappa shape index (κ2) is 14.3. The van der Waals surface area contributed by atoms with E-state index in [-0.39, 0.29) is 25.4 Å². The highest BCUT2D eigenvalue weighted by atomic mass is 35.5. The van der Waals surface area contributed by atoms with Crippen molar-refractivity contribution in [3.63, 3.8) is 0 Å². The van der Waals surface area contributed by atoms with E-state index in [2.05, 4.69) is 10.1 Å². The van der Waals surface area contributed by atoms with Crippen molar-refractivity contribution in [3.8, 4) is 0 Å². The molecule has 2 aromatic carbocycles. The van der Waals surface area contributed by atoms with Gasteiger partial charge in [0.15, 0.2) is 0 Å². The van der Waals surface area contributed by atoms with Crippen LogP contribution in [0, 0.1) is 11.7 Å². The molecule has 12 heteroatoms. The first kappa shape index (κ1) is 31.2. The summed E-state index contributed by atoms with van der Waals surface area (Å²) in [7, 11) is -4.22. The molecule has 0 aliphatic carbocycles. The maximum Gasteiger partial charge on any atom is 0.257 e. The fourth-order valence-electron chi connectivity index (χ4n) is 4.06. The lowest BCUT2D eigenvalue weighted by molar-refractivity contribution is -0.132. The lowest BCUT2D eigenvalue weighted by atomic mass is 9.99. The summed E-state index contributed by atoms with van der Waals surface area (Å²) in [5, 5.41) is 5.20. The molecule has 2 heterocycles. The maximum absolute atomic E-state index is 13.7. The fraction of sp³-hybridized carbons (Fsp3) is 0.172. The second-order valence-corrected chi connectivity index (χ2v) is 10.5. The Morgan fingerprint density at radius 3 is 2.41 bits per heavy atom. The zero-order valence-corrected chi connectivity index (χ0v) is 23.8. The van der Waals surface area contributed by atoms with Crippen molar-refractivity contribution < 1.29 is 22.4 Å². The van der Waals surface area contributed by atoms with E-state index in [1.807, 2.05) is 10.8 Å². The molecule has 4 aromatic rings. The molecule has 0 saturated carbocycles. The van der Waals surface area contributed by atoms with Crippen LogP contribution in [-0.2, 0) is 32.6 Å². The van der Waals surface area contributed by atoms with Gasteiger partial charge in [0.05, 0.1) is 18.1 Å². The summed E-state index contributed by atoms with van der Waals surface area (Å²) in [4.78, 5) is 32.4. The number of nitrogens with one attached hydrogen (secondary N) is 1. The van der Waals surface area contributed by atoms with E-state index < -0.39 is 33.6 Å². The summed E-state index contributed by atoms with van der Waals surface area (Å²) in [5.74, 6) is -3.49. The molecule has 4 rings (SSSR count). The van der Waals surface area contributed by atoms with Crippen molar-refractivity contribution in [2.24, 2.45) is 5.92 Å². The van der Waals surface area contributed by atoms with Gasteiger partial charge in [-0.05, 0) is 66.4 Å². The third-order valence-electron chi connectivity index (χ3n) is 6.01. The molecule has 214 valence electrons. The molecule has 0 radical (unpaired) electrons. The molecule has 0 spiro atoms. The number of nitrogens with zero attached hydrogens (tertiary/aromatic N) is 4. The predicted molar refractivity (Wildman–Crippen MR) is 157 cm³/mol. The quantitative estimate of drug-likeness (QED) is 0.259. The molecule has 1 atom stereocenters. The van der Waals surface area contributed by atoms with Gasteiger partial charge >= 0.3 is 0 Å². The minimum absolute atomic E-state index is 0. The lowest BCUT2D eigenvalue weighted by Crippen LogP contribution is -2.46. The van der Waals surface area contributed by atoms with Gasteiger partial charge in [-0.2, -0.15) is 5.10 Å². The van der Waals surface area contributed by atoms with Crippen molar-refractivity contribution in [1.82, 2.24) is 19.5 Å². The Morgan fingerprint density at radius 2 is 1.76 bits per heavy atom. The molecule has 2 aromatic heterocycles. The van der Waals surface area contributed by atoms with Gasteiger partial charge in [-0.25, -0.2) is 17.5 Å². The van der Waals surface area contributed by atoms with Gasteiger partial charge in [0.25, 0.3) is 10.0 Å². The first-order valence-corrected chi connectivity index (χ1v) is 14.1. The van der Waals surface area contributed by atoms with Gasteiger partial charge in [-0.3, -0.25) is 19.3 Å². The van der Waals surface area contributed by atoms with Crippen LogP contribution in [0.25, 0.3) is 6.08 Å². The van der Waals surface area contributed by atoms with E-state index in [1.54, 1.807) is 66.6 Å². The molecular formula is C29H29ClFN5O4S. The Hall–Kier alpha value is -4.35. The molecule has 0 saturated heterocycles. The summed E-state index contributed by atoms with van der Waals surface area (Å²) >= 11 is 0. The summed E-state index contributed by atoms with van der Waals surface area (Å²) in [6.45, 7) is 2.31. The highest BCUT2D eigenvalue weighted by molar-refractivity contribution is 7.93. The minimum atomic E-state index is -4.22. The number of carbonyl (C=O) groups excluding carboxylic acids is 2. The number of sulfonamides is 1. The monoisotopic (exact) mass is 597 g/mol. The van der Waals surface area contributed by atoms with E-state index in [1.165, 1.54) is 41.4 Å². The average molecular weight is 598 g/mol. The summed E-state index contributed by atoms with van der Waals surface area (Å²) < 4.78 is 42.7. The average Bonchev–Trinajstić information content (AvgIpc) is 3.39. The van der Waals surface area contributed by atoms with Crippen LogP contribution in [0.4, 0.5) is 10.1 Å². The number of benzene rings is 2. The van der Waals surface area contributed by atoms with Crippen molar-refractivity contribution in [1.29, 1.82) is 0 Å². The predicted octanol–water partition coefficient (Wildman–Crippen LogP) is 4.22. The summed E-state index contributed by atoms with van der Waals surface area (Å²) in [6, 6.07) is 17.7. The Balaban J connectivity index is 0.00000462. The summed E-state index contributed by atoms with van der Waals surface area (Å²) in [5.41, 5.74) is 2.48. The normalized spacial score (nSPS) is 12.0. The molecule has 0 aliphatic heterocycles. The van der Waals surface area contributed by atoms with E-state index in [4.69, 9.17) is 0 Å². The van der Waals surface area contributed by atoms with Crippen molar-refractivity contribution in [3.05, 3.63) is 119 Å². The third-order valence-corrected chi connectivity index (χ3v) is 6.99. The molecule has 2 amide bonds. The van der Waals surface area contributed by atoms with E-state index in [0.717, 1.165) is 11.0 Å². The van der Waals surface area contributed by atoms with Gasteiger partial charge in [0.2, 0.25) is 11.8 Å². The lowest BCUT2D eigenvalue weighted by Gasteiger charge is -2.25. The van der Waals surface area contributed by atoms with Crippen LogP contribution < -0.4 is 9.62 Å². The largest absolute Gasteiger partial charge is 0.312 e. The third kappa shape index (κ3) is 8.82. The van der Waals surface area contributed by atoms with Gasteiger partial charge in [0.1, 0.15) is 11.7 Å². The Morgan fingerprint density at radius 1 is 1.02 bits per heavy atom. The van der Waals surface area contributed by atoms with Crippen molar-refractivity contribution in [2.45, 2.75) is 19.9 Å². The Bertz CT molecular complexity index is 1580. The van der Waals surface area contributed by atoms with Crippen molar-refractivity contribution in [2.75, 3.05) is 11.4 Å². The number of amides is 2. The Labute approximate surface area is 244 Å². The number of rotatable bonds is 11. The fourth-order valence-corrected chi connectivity index (χ4v) is 4.88. The number of pyridine rings is 1. The van der Waals surface area contributed by atoms with Gasteiger partial charge < -0.3 is 4.90 Å². The van der Waals surface area contributed by atoms with Crippen molar-refractivity contribution >= 4 is 46.0 Å². The molecule has 0 fully saturated rings. The first-order chi connectivity index (χ1) is 19.2. The van der Waals surface area contributed by atoms with Gasteiger partial charge in [0, 0.05) is 30.8 Å². The van der Waals surface area contributed by atoms with Crippen LogP contribution in [0.15, 0.2) is 96.9 Å². The van der Waals surface area contributed by atoms with Crippen LogP contribution >= 0.6 is 12.4 Å². The van der Waals surface area contributed by atoms with E-state index >= 15 is 0 Å². The van der Waals surface area contributed by atoms with Crippen LogP contribution in [0.1, 0.15) is 23.6 Å². The Kier molecular flexibility index (Phi) is 10.9. The number of anilines is 1. The minimum Gasteiger partial charge on any atom is -0.312 e. The smallest absolute Gasteiger partial charge is 0.257 e. The number of halogens is 2. The molecule has 0 aliphatic rings. The van der Waals surface area contributed by atoms with Crippen LogP contribution in [0.5, 0.6) is 0 Å². The number of carbonyl (C=O) groups is 2. The van der Waals surface area contributed by atoms with E-state index in [0.29, 0.717) is 23.4 Å². The van der Waals surface area contributed by atoms with Gasteiger partial charge in [-0.1, -0.05) is 36.4 Å². The molecule has 9 nitrogen and oxygen atoms in total. The summed E-state index contributed by atoms with van der Waals surface area (Å²) in [6.07, 6.45) is 7.84. The zero-order chi connectivity index (χ0) is 28.5. The van der Waals surface area contributed by atoms with Crippen LogP contribution in [0.2, 0.25) is 0 Å². The van der Waals surface area contributed by atoms with Crippen LogP contribution in [-0.4, -0.2) is 41.5 Å². The first-order valence-electron chi connectivity index (χ1n) is 12.5. The van der Waals surface area contributed by atoms with Gasteiger partial charge in [-0.15, -0.1) is 12.4 Å². The molecular weight excluding hydrogens is 569 g/mol. The highest BCUT2D eigenvalue weighted by Crippen LogP contribution is 2.20. The maximum atomic E-state index is 13.7. The number of aromatic nitrogens is 3. The molecule has 41 heavy (non-hydrogen) atoms. The molecule has 1 unspecified atom stereocenters. The SMILES string of the molecule is CCN(C(=O)C(Cc1cnn(Cc2cccnc2)c1)C(=O)NS(=O)(=O)C=Cc1ccccc1)c1ccc(F)cc1.Cl.